The molecule has 2 fully saturated rings. The first-order valence-corrected chi connectivity index (χ1v) is 7.82. The summed E-state index contributed by atoms with van der Waals surface area (Å²) in [5, 5.41) is 9.19. The molecule has 2 aliphatic rings. The van der Waals surface area contributed by atoms with E-state index in [0.717, 1.165) is 19.3 Å². The lowest BCUT2D eigenvalue weighted by Gasteiger charge is -2.43. The van der Waals surface area contributed by atoms with E-state index in [0.29, 0.717) is 0 Å². The summed E-state index contributed by atoms with van der Waals surface area (Å²) in [6, 6.07) is 0. The summed E-state index contributed by atoms with van der Waals surface area (Å²) in [4.78, 5) is 11.3. The van der Waals surface area contributed by atoms with Crippen LogP contribution in [0.1, 0.15) is 32.1 Å². The minimum atomic E-state index is -3.83. The molecule has 1 atom stereocenters. The van der Waals surface area contributed by atoms with Crippen LogP contribution in [0.5, 0.6) is 0 Å². The van der Waals surface area contributed by atoms with Gasteiger partial charge in [-0.15, -0.1) is 0 Å². The van der Waals surface area contributed by atoms with Crippen LogP contribution in [0.4, 0.5) is 8.78 Å². The number of carboxylic acid groups (broad SMARTS) is 1. The molecule has 1 aliphatic heterocycles. The maximum absolute atomic E-state index is 14.0. The van der Waals surface area contributed by atoms with E-state index in [1.165, 1.54) is 0 Å². The van der Waals surface area contributed by atoms with E-state index in [1.54, 1.807) is 0 Å². The van der Waals surface area contributed by atoms with Crippen molar-refractivity contribution in [1.82, 2.24) is 0 Å². The zero-order valence-electron chi connectivity index (χ0n) is 9.86. The molecule has 1 aliphatic carbocycles. The molecule has 1 N–H and O–H groups in total. The average Bonchev–Trinajstić information content (AvgIpc) is 2.10. The Morgan fingerprint density at radius 2 is 1.94 bits per heavy atom. The minimum absolute atomic E-state index is 0.00669. The van der Waals surface area contributed by atoms with Gasteiger partial charge in [0.05, 0.1) is 5.75 Å². The molecule has 7 heteroatoms. The van der Waals surface area contributed by atoms with Gasteiger partial charge in [-0.3, -0.25) is 4.79 Å². The molecule has 0 amide bonds. The highest BCUT2D eigenvalue weighted by Crippen LogP contribution is 2.51. The average molecular weight is 282 g/mol. The molecule has 1 saturated carbocycles. The van der Waals surface area contributed by atoms with Gasteiger partial charge in [0.15, 0.2) is 9.84 Å². The van der Waals surface area contributed by atoms with Gasteiger partial charge in [0.1, 0.15) is 11.2 Å². The second kappa shape index (κ2) is 4.15. The van der Waals surface area contributed by atoms with Crippen LogP contribution in [0, 0.1) is 11.3 Å². The highest BCUT2D eigenvalue weighted by molar-refractivity contribution is 7.91. The number of hydrogen-bond acceptors (Lipinski definition) is 3. The van der Waals surface area contributed by atoms with Crippen molar-refractivity contribution < 1.29 is 27.1 Å². The normalized spacial score (nSPS) is 34.8. The highest BCUT2D eigenvalue weighted by Gasteiger charge is 2.64. The van der Waals surface area contributed by atoms with Gasteiger partial charge in [-0.1, -0.05) is 19.3 Å². The third-order valence-electron chi connectivity index (χ3n) is 4.21. The van der Waals surface area contributed by atoms with Gasteiger partial charge in [-0.05, 0) is 18.8 Å². The smallest absolute Gasteiger partial charge is 0.315 e. The Morgan fingerprint density at radius 3 is 2.33 bits per heavy atom. The number of rotatable bonds is 3. The summed E-state index contributed by atoms with van der Waals surface area (Å²) >= 11 is 0. The Kier molecular flexibility index (Phi) is 3.16. The number of halogens is 2. The highest BCUT2D eigenvalue weighted by atomic mass is 32.2. The quantitative estimate of drug-likeness (QED) is 0.855. The Labute approximate surface area is 104 Å². The summed E-state index contributed by atoms with van der Waals surface area (Å²) in [5.74, 6) is -7.03. The SMILES string of the molecule is O=C(O)C1(CC2CCC2)CCS(=O)(=O)CC1(F)F. The number of carboxylic acids is 1. The number of hydrogen-bond donors (Lipinski definition) is 1. The van der Waals surface area contributed by atoms with E-state index in [9.17, 15) is 27.1 Å². The first-order valence-electron chi connectivity index (χ1n) is 6.00. The zero-order chi connectivity index (χ0) is 13.6. The topological polar surface area (TPSA) is 71.4 Å². The molecule has 104 valence electrons. The van der Waals surface area contributed by atoms with E-state index in [2.05, 4.69) is 0 Å². The van der Waals surface area contributed by atoms with Crippen LogP contribution in [0.2, 0.25) is 0 Å². The van der Waals surface area contributed by atoms with Crippen LogP contribution in [0.3, 0.4) is 0 Å². The van der Waals surface area contributed by atoms with Crippen molar-refractivity contribution in [3.63, 3.8) is 0 Å². The van der Waals surface area contributed by atoms with Gasteiger partial charge in [0, 0.05) is 0 Å². The summed E-state index contributed by atoms with van der Waals surface area (Å²) < 4.78 is 50.6. The third kappa shape index (κ3) is 2.13. The Hall–Kier alpha value is -0.720. The van der Waals surface area contributed by atoms with E-state index in [4.69, 9.17) is 0 Å². The van der Waals surface area contributed by atoms with Gasteiger partial charge in [-0.25, -0.2) is 17.2 Å². The predicted molar refractivity (Wildman–Crippen MR) is 60.2 cm³/mol. The molecule has 2 rings (SSSR count). The largest absolute Gasteiger partial charge is 0.481 e. The summed E-state index contributed by atoms with van der Waals surface area (Å²) in [5.41, 5.74) is -2.19. The van der Waals surface area contributed by atoms with Gasteiger partial charge in [0.2, 0.25) is 0 Å². The van der Waals surface area contributed by atoms with Crippen LogP contribution in [0.25, 0.3) is 0 Å². The fourth-order valence-electron chi connectivity index (χ4n) is 2.79. The van der Waals surface area contributed by atoms with Gasteiger partial charge < -0.3 is 5.11 Å². The summed E-state index contributed by atoms with van der Waals surface area (Å²) in [6.45, 7) is 0. The molecule has 0 bridgehead atoms. The lowest BCUT2D eigenvalue weighted by atomic mass is 9.67. The maximum Gasteiger partial charge on any atom is 0.315 e. The Morgan fingerprint density at radius 1 is 1.33 bits per heavy atom. The van der Waals surface area contributed by atoms with Crippen LogP contribution in [-0.2, 0) is 14.6 Å². The molecule has 0 radical (unpaired) electrons. The van der Waals surface area contributed by atoms with Gasteiger partial charge >= 0.3 is 5.97 Å². The molecule has 1 heterocycles. The zero-order valence-corrected chi connectivity index (χ0v) is 10.7. The van der Waals surface area contributed by atoms with Crippen molar-refractivity contribution in [3.8, 4) is 0 Å². The molecule has 4 nitrogen and oxygen atoms in total. The number of alkyl halides is 2. The fourth-order valence-corrected chi connectivity index (χ4v) is 4.42. The summed E-state index contributed by atoms with van der Waals surface area (Å²) in [6.07, 6.45) is 1.87. The molecule has 0 aromatic rings. The van der Waals surface area contributed by atoms with Gasteiger partial charge in [-0.2, -0.15) is 0 Å². The molecular formula is C11H16F2O4S. The monoisotopic (exact) mass is 282 g/mol. The fraction of sp³-hybridized carbons (Fsp3) is 0.909. The predicted octanol–water partition coefficient (Wildman–Crippen LogP) is 1.70. The lowest BCUT2D eigenvalue weighted by Crippen LogP contribution is -2.57. The Balaban J connectivity index is 2.31. The first-order chi connectivity index (χ1) is 8.19. The minimum Gasteiger partial charge on any atom is -0.481 e. The number of sulfone groups is 1. The van der Waals surface area contributed by atoms with Crippen LogP contribution in [0.15, 0.2) is 0 Å². The number of aliphatic carboxylic acids is 1. The second-order valence-corrected chi connectivity index (χ2v) is 7.62. The molecule has 1 unspecified atom stereocenters. The van der Waals surface area contributed by atoms with E-state index >= 15 is 0 Å². The van der Waals surface area contributed by atoms with Crippen molar-refractivity contribution in [1.29, 1.82) is 0 Å². The first kappa shape index (κ1) is 13.7. The maximum atomic E-state index is 14.0. The molecule has 1 saturated heterocycles. The molecular weight excluding hydrogens is 266 g/mol. The molecule has 0 aromatic carbocycles. The third-order valence-corrected chi connectivity index (χ3v) is 5.84. The van der Waals surface area contributed by atoms with Crippen molar-refractivity contribution in [3.05, 3.63) is 0 Å². The van der Waals surface area contributed by atoms with Crippen LogP contribution < -0.4 is 0 Å². The van der Waals surface area contributed by atoms with Crippen molar-refractivity contribution in [2.24, 2.45) is 11.3 Å². The Bertz CT molecular complexity index is 456. The summed E-state index contributed by atoms with van der Waals surface area (Å²) in [7, 11) is -3.83. The van der Waals surface area contributed by atoms with Crippen LogP contribution >= 0.6 is 0 Å². The molecule has 0 spiro atoms. The molecule has 0 aromatic heterocycles. The van der Waals surface area contributed by atoms with E-state index in [-0.39, 0.29) is 12.3 Å². The van der Waals surface area contributed by atoms with E-state index in [1.807, 2.05) is 0 Å². The second-order valence-electron chi connectivity index (χ2n) is 5.43. The van der Waals surface area contributed by atoms with Gasteiger partial charge in [0.25, 0.3) is 5.92 Å². The lowest BCUT2D eigenvalue weighted by molar-refractivity contribution is -0.181. The van der Waals surface area contributed by atoms with Crippen LogP contribution in [-0.4, -0.2) is 36.9 Å². The van der Waals surface area contributed by atoms with Crippen molar-refractivity contribution >= 4 is 15.8 Å². The van der Waals surface area contributed by atoms with Crippen molar-refractivity contribution in [2.45, 2.75) is 38.0 Å². The standard InChI is InChI=1S/C11H16F2O4S/c12-11(13)7-18(16,17)5-4-10(11,9(14)15)6-8-2-1-3-8/h8H,1-7H2,(H,14,15). The molecule has 18 heavy (non-hydrogen) atoms. The van der Waals surface area contributed by atoms with Crippen molar-refractivity contribution in [2.75, 3.05) is 11.5 Å². The van der Waals surface area contributed by atoms with E-state index < -0.39 is 45.1 Å². The number of carbonyl (C=O) groups is 1.